The first-order chi connectivity index (χ1) is 14.9. The van der Waals surface area contributed by atoms with E-state index in [0.717, 1.165) is 11.1 Å². The number of rotatable bonds is 6. The van der Waals surface area contributed by atoms with E-state index in [0.29, 0.717) is 28.4 Å². The molecule has 0 saturated heterocycles. The number of hydrogen-bond donors (Lipinski definition) is 3. The minimum Gasteiger partial charge on any atom is -0.332 e. The molecule has 0 heterocycles. The lowest BCUT2D eigenvalue weighted by molar-refractivity contribution is -0.119. The fourth-order valence-corrected chi connectivity index (χ4v) is 3.43. The molecule has 3 N–H and O–H groups in total. The monoisotopic (exact) mass is 451 g/mol. The van der Waals surface area contributed by atoms with Crippen molar-refractivity contribution < 1.29 is 9.59 Å². The van der Waals surface area contributed by atoms with E-state index in [4.69, 9.17) is 23.8 Å². The number of carbonyl (C=O) groups is 2. The smallest absolute Gasteiger partial charge is 0.255 e. The van der Waals surface area contributed by atoms with Crippen LogP contribution in [-0.2, 0) is 11.2 Å². The molecule has 0 saturated carbocycles. The third kappa shape index (κ3) is 6.64. The van der Waals surface area contributed by atoms with Crippen LogP contribution in [-0.4, -0.2) is 16.9 Å². The first-order valence-corrected chi connectivity index (χ1v) is 10.5. The van der Waals surface area contributed by atoms with Gasteiger partial charge in [0.25, 0.3) is 5.91 Å². The summed E-state index contributed by atoms with van der Waals surface area (Å²) in [5.74, 6) is -0.361. The predicted octanol–water partition coefficient (Wildman–Crippen LogP) is 5.35. The predicted molar refractivity (Wildman–Crippen MR) is 130 cm³/mol. The molecule has 5 nitrogen and oxygen atoms in total. The molecule has 0 atom stereocenters. The molecule has 7 heteroatoms. The molecule has 0 fully saturated rings. The Kier molecular flexibility index (Phi) is 7.76. The summed E-state index contributed by atoms with van der Waals surface area (Å²) >= 11 is 11.3. The summed E-state index contributed by atoms with van der Waals surface area (Å²) in [5.41, 5.74) is 3.82. The van der Waals surface area contributed by atoms with Crippen LogP contribution < -0.4 is 16.0 Å². The number of amides is 2. The van der Waals surface area contributed by atoms with Gasteiger partial charge in [-0.15, -0.1) is 0 Å². The van der Waals surface area contributed by atoms with Gasteiger partial charge in [-0.2, -0.15) is 0 Å². The molecule has 0 aliphatic carbocycles. The molecule has 0 aliphatic rings. The molecule has 158 valence electrons. The molecule has 0 bridgehead atoms. The molecular weight excluding hydrogens is 430 g/mol. The Labute approximate surface area is 191 Å². The SMILES string of the molecule is Cc1ccccc1C(=O)Nc1ccc(NC(=S)NC(=O)CCc2ccccc2Cl)cc1. The Morgan fingerprint density at radius 1 is 0.871 bits per heavy atom. The van der Waals surface area contributed by atoms with Gasteiger partial charge in [0, 0.05) is 28.4 Å². The van der Waals surface area contributed by atoms with Crippen LogP contribution in [0.5, 0.6) is 0 Å². The van der Waals surface area contributed by atoms with Crippen LogP contribution >= 0.6 is 23.8 Å². The first kappa shape index (κ1) is 22.5. The molecule has 0 spiro atoms. The van der Waals surface area contributed by atoms with E-state index in [2.05, 4.69) is 16.0 Å². The molecule has 0 aliphatic heterocycles. The summed E-state index contributed by atoms with van der Waals surface area (Å²) in [4.78, 5) is 24.5. The van der Waals surface area contributed by atoms with Crippen LogP contribution in [0.25, 0.3) is 0 Å². The second-order valence-corrected chi connectivity index (χ2v) is 7.76. The van der Waals surface area contributed by atoms with Crippen LogP contribution in [0, 0.1) is 6.92 Å². The van der Waals surface area contributed by atoms with Gasteiger partial charge in [-0.3, -0.25) is 9.59 Å². The lowest BCUT2D eigenvalue weighted by Crippen LogP contribution is -2.34. The van der Waals surface area contributed by atoms with E-state index >= 15 is 0 Å². The van der Waals surface area contributed by atoms with Crippen molar-refractivity contribution in [2.45, 2.75) is 19.8 Å². The van der Waals surface area contributed by atoms with Crippen LogP contribution in [0.2, 0.25) is 5.02 Å². The molecular formula is C24H22ClN3O2S. The molecule has 3 aromatic carbocycles. The highest BCUT2D eigenvalue weighted by Crippen LogP contribution is 2.17. The Balaban J connectivity index is 1.48. The molecule has 0 aromatic heterocycles. The molecule has 31 heavy (non-hydrogen) atoms. The standard InChI is InChI=1S/C24H22ClN3O2S/c1-16-6-2-4-8-20(16)23(30)26-18-11-13-19(14-12-18)27-24(31)28-22(29)15-10-17-7-3-5-9-21(17)25/h2-9,11-14H,10,15H2,1H3,(H,26,30)(H2,27,28,29,31). The molecule has 3 aromatic rings. The van der Waals surface area contributed by atoms with Crippen molar-refractivity contribution in [3.05, 3.63) is 94.5 Å². The van der Waals surface area contributed by atoms with E-state index in [1.165, 1.54) is 0 Å². The van der Waals surface area contributed by atoms with Crippen molar-refractivity contribution in [3.8, 4) is 0 Å². The maximum atomic E-state index is 12.4. The summed E-state index contributed by atoms with van der Waals surface area (Å²) in [6.07, 6.45) is 0.804. The van der Waals surface area contributed by atoms with Gasteiger partial charge in [-0.05, 0) is 73.1 Å². The van der Waals surface area contributed by atoms with Crippen LogP contribution in [0.15, 0.2) is 72.8 Å². The summed E-state index contributed by atoms with van der Waals surface area (Å²) in [6.45, 7) is 1.89. The number of aryl methyl sites for hydroxylation is 2. The zero-order valence-corrected chi connectivity index (χ0v) is 18.5. The highest BCUT2D eigenvalue weighted by Gasteiger charge is 2.09. The van der Waals surface area contributed by atoms with Crippen molar-refractivity contribution >= 4 is 52.1 Å². The largest absolute Gasteiger partial charge is 0.332 e. The zero-order chi connectivity index (χ0) is 22.2. The normalized spacial score (nSPS) is 10.3. The van der Waals surface area contributed by atoms with Crippen molar-refractivity contribution in [2.24, 2.45) is 0 Å². The van der Waals surface area contributed by atoms with E-state index < -0.39 is 0 Å². The summed E-state index contributed by atoms with van der Waals surface area (Å²) in [7, 11) is 0. The average molecular weight is 452 g/mol. The van der Waals surface area contributed by atoms with Gasteiger partial charge >= 0.3 is 0 Å². The van der Waals surface area contributed by atoms with Crippen LogP contribution in [0.1, 0.15) is 27.9 Å². The van der Waals surface area contributed by atoms with Gasteiger partial charge in [-0.25, -0.2) is 0 Å². The van der Waals surface area contributed by atoms with Gasteiger partial charge in [0.1, 0.15) is 0 Å². The lowest BCUT2D eigenvalue weighted by Gasteiger charge is -2.11. The maximum absolute atomic E-state index is 12.4. The number of thiocarbonyl (C=S) groups is 1. The van der Waals surface area contributed by atoms with Gasteiger partial charge < -0.3 is 16.0 Å². The van der Waals surface area contributed by atoms with Crippen molar-refractivity contribution in [2.75, 3.05) is 10.6 Å². The Hall–Kier alpha value is -3.22. The minimum absolute atomic E-state index is 0.167. The van der Waals surface area contributed by atoms with Gasteiger partial charge in [0.15, 0.2) is 5.11 Å². The number of carbonyl (C=O) groups excluding carboxylic acids is 2. The van der Waals surface area contributed by atoms with E-state index in [-0.39, 0.29) is 23.3 Å². The fraction of sp³-hybridized carbons (Fsp3) is 0.125. The second-order valence-electron chi connectivity index (χ2n) is 6.94. The van der Waals surface area contributed by atoms with Gasteiger partial charge in [0.05, 0.1) is 0 Å². The third-order valence-corrected chi connectivity index (χ3v) is 5.20. The molecule has 2 amide bonds. The van der Waals surface area contributed by atoms with Crippen molar-refractivity contribution in [3.63, 3.8) is 0 Å². The molecule has 0 radical (unpaired) electrons. The lowest BCUT2D eigenvalue weighted by atomic mass is 10.1. The summed E-state index contributed by atoms with van der Waals surface area (Å²) in [5, 5.41) is 9.35. The van der Waals surface area contributed by atoms with Crippen molar-refractivity contribution in [1.82, 2.24) is 5.32 Å². The highest BCUT2D eigenvalue weighted by atomic mass is 35.5. The van der Waals surface area contributed by atoms with Crippen molar-refractivity contribution in [1.29, 1.82) is 0 Å². The Morgan fingerprint density at radius 3 is 2.16 bits per heavy atom. The number of benzene rings is 3. The highest BCUT2D eigenvalue weighted by molar-refractivity contribution is 7.80. The maximum Gasteiger partial charge on any atom is 0.255 e. The van der Waals surface area contributed by atoms with E-state index in [9.17, 15) is 9.59 Å². The average Bonchev–Trinajstić information content (AvgIpc) is 2.74. The number of nitrogens with one attached hydrogen (secondary N) is 3. The number of halogens is 1. The summed E-state index contributed by atoms with van der Waals surface area (Å²) in [6, 6.07) is 21.9. The quantitative estimate of drug-likeness (QED) is 0.442. The van der Waals surface area contributed by atoms with E-state index in [1.54, 1.807) is 36.4 Å². The second kappa shape index (κ2) is 10.7. The fourth-order valence-electron chi connectivity index (χ4n) is 2.96. The summed E-state index contributed by atoms with van der Waals surface area (Å²) < 4.78 is 0. The Bertz CT molecular complexity index is 1100. The topological polar surface area (TPSA) is 70.2 Å². The third-order valence-electron chi connectivity index (χ3n) is 4.62. The van der Waals surface area contributed by atoms with Crippen LogP contribution in [0.3, 0.4) is 0 Å². The molecule has 3 rings (SSSR count). The van der Waals surface area contributed by atoms with Crippen LogP contribution in [0.4, 0.5) is 11.4 Å². The van der Waals surface area contributed by atoms with Gasteiger partial charge in [-0.1, -0.05) is 48.0 Å². The zero-order valence-electron chi connectivity index (χ0n) is 16.9. The van der Waals surface area contributed by atoms with Gasteiger partial charge in [0.2, 0.25) is 5.91 Å². The number of anilines is 2. The first-order valence-electron chi connectivity index (χ1n) is 9.73. The molecule has 0 unspecified atom stereocenters. The Morgan fingerprint density at radius 2 is 1.48 bits per heavy atom. The number of hydrogen-bond acceptors (Lipinski definition) is 3. The van der Waals surface area contributed by atoms with E-state index in [1.807, 2.05) is 43.3 Å². The minimum atomic E-state index is -0.195.